The number of carbonyl (C=O) groups is 2. The summed E-state index contributed by atoms with van der Waals surface area (Å²) >= 11 is 2.44. The standard InChI is InChI=1S/C16H19FN4O2S2/c1-9(2)14(10(3)22)19-13(23)8-24-16-21-20-15(25-16)18-12-7-5-4-6-11(12)17/h4-7,9,14H,8H2,1-3H3,(H,18,20)(H,19,23). The van der Waals surface area contributed by atoms with Crippen LogP contribution in [-0.4, -0.2) is 33.7 Å². The van der Waals surface area contributed by atoms with E-state index in [2.05, 4.69) is 20.8 Å². The number of Topliss-reactive ketones (excluding diaryl/α,β-unsaturated/α-hetero) is 1. The summed E-state index contributed by atoms with van der Waals surface area (Å²) < 4.78 is 14.2. The molecule has 134 valence electrons. The van der Waals surface area contributed by atoms with E-state index in [1.165, 1.54) is 36.1 Å². The molecule has 0 radical (unpaired) electrons. The molecule has 2 rings (SSSR count). The highest BCUT2D eigenvalue weighted by atomic mass is 32.2. The number of para-hydroxylation sites is 1. The second-order valence-corrected chi connectivity index (χ2v) is 7.87. The van der Waals surface area contributed by atoms with Gasteiger partial charge in [0.2, 0.25) is 11.0 Å². The Morgan fingerprint density at radius 3 is 2.64 bits per heavy atom. The lowest BCUT2D eigenvalue weighted by atomic mass is 10.0. The molecule has 0 aliphatic carbocycles. The molecule has 0 spiro atoms. The fourth-order valence-corrected chi connectivity index (χ4v) is 3.65. The molecule has 1 atom stereocenters. The van der Waals surface area contributed by atoms with Gasteiger partial charge >= 0.3 is 0 Å². The van der Waals surface area contributed by atoms with Crippen LogP contribution in [0.5, 0.6) is 0 Å². The van der Waals surface area contributed by atoms with E-state index >= 15 is 0 Å². The number of nitrogens with one attached hydrogen (secondary N) is 2. The van der Waals surface area contributed by atoms with E-state index in [9.17, 15) is 14.0 Å². The van der Waals surface area contributed by atoms with Crippen molar-refractivity contribution in [3.63, 3.8) is 0 Å². The van der Waals surface area contributed by atoms with Gasteiger partial charge in [-0.05, 0) is 25.0 Å². The first-order valence-electron chi connectivity index (χ1n) is 7.64. The molecule has 0 fully saturated rings. The van der Waals surface area contributed by atoms with Crippen LogP contribution in [0, 0.1) is 11.7 Å². The second-order valence-electron chi connectivity index (χ2n) is 5.67. The van der Waals surface area contributed by atoms with Crippen LogP contribution in [0.3, 0.4) is 0 Å². The number of anilines is 2. The normalized spacial score (nSPS) is 12.0. The van der Waals surface area contributed by atoms with Crippen LogP contribution >= 0.6 is 23.1 Å². The number of nitrogens with zero attached hydrogens (tertiary/aromatic N) is 2. The van der Waals surface area contributed by atoms with E-state index in [0.29, 0.717) is 15.2 Å². The summed E-state index contributed by atoms with van der Waals surface area (Å²) in [4.78, 5) is 23.5. The third-order valence-corrected chi connectivity index (χ3v) is 5.24. The number of hydrogen-bond donors (Lipinski definition) is 2. The molecular formula is C16H19FN4O2S2. The van der Waals surface area contributed by atoms with Gasteiger partial charge in [0.1, 0.15) is 5.82 Å². The number of benzene rings is 1. The van der Waals surface area contributed by atoms with E-state index in [0.717, 1.165) is 0 Å². The molecule has 0 bridgehead atoms. The highest BCUT2D eigenvalue weighted by Gasteiger charge is 2.20. The summed E-state index contributed by atoms with van der Waals surface area (Å²) in [6, 6.07) is 5.79. The number of amides is 1. The van der Waals surface area contributed by atoms with E-state index in [4.69, 9.17) is 0 Å². The molecule has 0 saturated carbocycles. The minimum Gasteiger partial charge on any atom is -0.345 e. The fourth-order valence-electron chi connectivity index (χ4n) is 2.08. The molecule has 0 aliphatic heterocycles. The number of ketones is 1. The third kappa shape index (κ3) is 5.79. The molecular weight excluding hydrogens is 363 g/mol. The minimum absolute atomic E-state index is 0.0320. The maximum Gasteiger partial charge on any atom is 0.231 e. The average molecular weight is 382 g/mol. The molecule has 2 aromatic rings. The van der Waals surface area contributed by atoms with Crippen molar-refractivity contribution in [1.29, 1.82) is 0 Å². The van der Waals surface area contributed by atoms with Crippen molar-refractivity contribution >= 4 is 45.6 Å². The topological polar surface area (TPSA) is 84.0 Å². The van der Waals surface area contributed by atoms with Gasteiger partial charge in [0.05, 0.1) is 17.5 Å². The van der Waals surface area contributed by atoms with Gasteiger partial charge in [-0.3, -0.25) is 9.59 Å². The first-order valence-corrected chi connectivity index (χ1v) is 9.44. The van der Waals surface area contributed by atoms with Crippen molar-refractivity contribution in [3.05, 3.63) is 30.1 Å². The zero-order valence-electron chi connectivity index (χ0n) is 14.1. The maximum absolute atomic E-state index is 13.6. The molecule has 1 amide bonds. The molecule has 0 saturated heterocycles. The lowest BCUT2D eigenvalue weighted by Crippen LogP contribution is -2.44. The quantitative estimate of drug-likeness (QED) is 0.682. The zero-order valence-corrected chi connectivity index (χ0v) is 15.7. The van der Waals surface area contributed by atoms with Gasteiger partial charge in [0, 0.05) is 0 Å². The second kappa shape index (κ2) is 8.91. The van der Waals surface area contributed by atoms with Crippen LogP contribution in [0.15, 0.2) is 28.6 Å². The van der Waals surface area contributed by atoms with Crippen LogP contribution in [0.2, 0.25) is 0 Å². The third-order valence-electron chi connectivity index (χ3n) is 3.27. The van der Waals surface area contributed by atoms with Gasteiger partial charge in [-0.25, -0.2) is 4.39 Å². The average Bonchev–Trinajstić information content (AvgIpc) is 3.00. The predicted molar refractivity (Wildman–Crippen MR) is 97.8 cm³/mol. The first kappa shape index (κ1) is 19.3. The Bertz CT molecular complexity index is 751. The van der Waals surface area contributed by atoms with Gasteiger partial charge < -0.3 is 10.6 Å². The van der Waals surface area contributed by atoms with E-state index < -0.39 is 6.04 Å². The van der Waals surface area contributed by atoms with Gasteiger partial charge in [0.25, 0.3) is 0 Å². The molecule has 6 nitrogen and oxygen atoms in total. The summed E-state index contributed by atoms with van der Waals surface area (Å²) in [5, 5.41) is 13.9. The van der Waals surface area contributed by atoms with Crippen LogP contribution in [0.1, 0.15) is 20.8 Å². The van der Waals surface area contributed by atoms with Crippen molar-refractivity contribution in [3.8, 4) is 0 Å². The monoisotopic (exact) mass is 382 g/mol. The van der Waals surface area contributed by atoms with Crippen molar-refractivity contribution < 1.29 is 14.0 Å². The Hall–Kier alpha value is -2.00. The predicted octanol–water partition coefficient (Wildman–Crippen LogP) is 3.24. The molecule has 2 N–H and O–H groups in total. The van der Waals surface area contributed by atoms with Gasteiger partial charge in [-0.15, -0.1) is 10.2 Å². The first-order chi connectivity index (χ1) is 11.9. The number of rotatable bonds is 8. The SMILES string of the molecule is CC(=O)C(NC(=O)CSc1nnc(Nc2ccccc2F)s1)C(C)C. The zero-order chi connectivity index (χ0) is 18.4. The number of halogens is 1. The highest BCUT2D eigenvalue weighted by Crippen LogP contribution is 2.28. The summed E-state index contributed by atoms with van der Waals surface area (Å²) in [7, 11) is 0. The lowest BCUT2D eigenvalue weighted by molar-refractivity contribution is -0.126. The summed E-state index contributed by atoms with van der Waals surface area (Å²) in [6.07, 6.45) is 0. The summed E-state index contributed by atoms with van der Waals surface area (Å²) in [5.74, 6) is -0.525. The molecule has 25 heavy (non-hydrogen) atoms. The summed E-state index contributed by atoms with van der Waals surface area (Å²) in [6.45, 7) is 5.22. The molecule has 9 heteroatoms. The molecule has 0 aliphatic rings. The lowest BCUT2D eigenvalue weighted by Gasteiger charge is -2.19. The van der Waals surface area contributed by atoms with Crippen LogP contribution in [-0.2, 0) is 9.59 Å². The van der Waals surface area contributed by atoms with Gasteiger partial charge in [-0.1, -0.05) is 49.1 Å². The van der Waals surface area contributed by atoms with Crippen molar-refractivity contribution in [2.75, 3.05) is 11.1 Å². The number of aromatic nitrogens is 2. The number of hydrogen-bond acceptors (Lipinski definition) is 7. The minimum atomic E-state index is -0.485. The molecule has 1 aromatic carbocycles. The smallest absolute Gasteiger partial charge is 0.231 e. The number of carbonyl (C=O) groups excluding carboxylic acids is 2. The van der Waals surface area contributed by atoms with E-state index in [1.54, 1.807) is 18.2 Å². The largest absolute Gasteiger partial charge is 0.345 e. The summed E-state index contributed by atoms with van der Waals surface area (Å²) in [5.41, 5.74) is 0.314. The van der Waals surface area contributed by atoms with Gasteiger partial charge in [0.15, 0.2) is 10.1 Å². The Kier molecular flexibility index (Phi) is 6.89. The van der Waals surface area contributed by atoms with Crippen molar-refractivity contribution in [2.24, 2.45) is 5.92 Å². The Morgan fingerprint density at radius 2 is 2.00 bits per heavy atom. The Balaban J connectivity index is 1.88. The van der Waals surface area contributed by atoms with Gasteiger partial charge in [-0.2, -0.15) is 0 Å². The van der Waals surface area contributed by atoms with Crippen LogP contribution < -0.4 is 10.6 Å². The number of thioether (sulfide) groups is 1. The molecule has 1 aromatic heterocycles. The van der Waals surface area contributed by atoms with E-state index in [-0.39, 0.29) is 29.2 Å². The fraction of sp³-hybridized carbons (Fsp3) is 0.375. The van der Waals surface area contributed by atoms with Crippen molar-refractivity contribution in [2.45, 2.75) is 31.2 Å². The Morgan fingerprint density at radius 1 is 1.28 bits per heavy atom. The van der Waals surface area contributed by atoms with Crippen LogP contribution in [0.25, 0.3) is 0 Å². The maximum atomic E-state index is 13.6. The molecule has 1 unspecified atom stereocenters. The van der Waals surface area contributed by atoms with Crippen LogP contribution in [0.4, 0.5) is 15.2 Å². The highest BCUT2D eigenvalue weighted by molar-refractivity contribution is 8.01. The van der Waals surface area contributed by atoms with Crippen molar-refractivity contribution in [1.82, 2.24) is 15.5 Å². The molecule has 1 heterocycles. The van der Waals surface area contributed by atoms with E-state index in [1.807, 2.05) is 13.8 Å². The Labute approximate surface area is 153 Å².